The second kappa shape index (κ2) is 5.38. The molecule has 0 aromatic heterocycles. The van der Waals surface area contributed by atoms with Crippen LogP contribution >= 0.6 is 0 Å². The van der Waals surface area contributed by atoms with E-state index in [9.17, 15) is 10.2 Å². The van der Waals surface area contributed by atoms with Crippen LogP contribution in [0.1, 0.15) is 19.3 Å². The largest absolute Gasteiger partial charge is 0.508 e. The lowest BCUT2D eigenvalue weighted by Crippen LogP contribution is -2.37. The topological polar surface area (TPSA) is 64.5 Å². The van der Waals surface area contributed by atoms with E-state index in [2.05, 4.69) is 10.6 Å². The van der Waals surface area contributed by atoms with Gasteiger partial charge < -0.3 is 20.8 Å². The maximum atomic E-state index is 10.4. The molecule has 1 fully saturated rings. The molecule has 0 bridgehead atoms. The van der Waals surface area contributed by atoms with Gasteiger partial charge in [-0.3, -0.25) is 0 Å². The summed E-state index contributed by atoms with van der Waals surface area (Å²) in [6.45, 7) is 2.41. The van der Waals surface area contributed by atoms with Gasteiger partial charge in [-0.1, -0.05) is 0 Å². The Labute approximate surface area is 102 Å². The minimum Gasteiger partial charge on any atom is -0.508 e. The number of phenols is 1. The van der Waals surface area contributed by atoms with Crippen LogP contribution in [0, 0.1) is 0 Å². The highest BCUT2D eigenvalue weighted by molar-refractivity contribution is 5.46. The SMILES string of the molecule is Oc1ccc(NCC2(O)CCCNCC2)cc1. The first-order chi connectivity index (χ1) is 8.18. The fraction of sp³-hybridized carbons (Fsp3) is 0.538. The van der Waals surface area contributed by atoms with Crippen molar-refractivity contribution in [2.75, 3.05) is 25.0 Å². The van der Waals surface area contributed by atoms with Gasteiger partial charge in [0.25, 0.3) is 0 Å². The molecule has 0 aliphatic carbocycles. The van der Waals surface area contributed by atoms with Gasteiger partial charge in [0.1, 0.15) is 5.75 Å². The van der Waals surface area contributed by atoms with Crippen LogP contribution in [0.5, 0.6) is 5.75 Å². The monoisotopic (exact) mass is 236 g/mol. The van der Waals surface area contributed by atoms with E-state index >= 15 is 0 Å². The van der Waals surface area contributed by atoms with Crippen molar-refractivity contribution in [1.29, 1.82) is 0 Å². The smallest absolute Gasteiger partial charge is 0.115 e. The molecule has 0 saturated carbocycles. The van der Waals surface area contributed by atoms with Gasteiger partial charge in [0, 0.05) is 12.2 Å². The quantitative estimate of drug-likeness (QED) is 0.598. The molecule has 1 heterocycles. The van der Waals surface area contributed by atoms with Gasteiger partial charge >= 0.3 is 0 Å². The minimum atomic E-state index is -0.624. The number of aliphatic hydroxyl groups is 1. The number of hydrogen-bond acceptors (Lipinski definition) is 4. The third kappa shape index (κ3) is 3.61. The molecule has 17 heavy (non-hydrogen) atoms. The maximum absolute atomic E-state index is 10.4. The summed E-state index contributed by atoms with van der Waals surface area (Å²) in [5.41, 5.74) is 0.301. The third-order valence-electron chi connectivity index (χ3n) is 3.25. The first-order valence-electron chi connectivity index (χ1n) is 6.14. The van der Waals surface area contributed by atoms with Crippen LogP contribution < -0.4 is 10.6 Å². The molecule has 1 aromatic rings. The number of benzene rings is 1. The van der Waals surface area contributed by atoms with Crippen LogP contribution in [0.4, 0.5) is 5.69 Å². The van der Waals surface area contributed by atoms with Gasteiger partial charge in [0.2, 0.25) is 0 Å². The molecule has 1 atom stereocenters. The molecule has 0 radical (unpaired) electrons. The summed E-state index contributed by atoms with van der Waals surface area (Å²) < 4.78 is 0. The lowest BCUT2D eigenvalue weighted by molar-refractivity contribution is 0.0414. The van der Waals surface area contributed by atoms with Crippen LogP contribution in [0.15, 0.2) is 24.3 Å². The average molecular weight is 236 g/mol. The highest BCUT2D eigenvalue weighted by atomic mass is 16.3. The molecule has 4 nitrogen and oxygen atoms in total. The standard InChI is InChI=1S/C13H20N2O2/c16-12-4-2-11(3-5-12)15-10-13(17)6-1-8-14-9-7-13/h2-5,14-17H,1,6-10H2. The molecular formula is C13H20N2O2. The zero-order chi connectivity index (χ0) is 12.1. The summed E-state index contributed by atoms with van der Waals surface area (Å²) in [5, 5.41) is 26.1. The molecular weight excluding hydrogens is 216 g/mol. The molecule has 4 N–H and O–H groups in total. The average Bonchev–Trinajstić information content (AvgIpc) is 2.54. The predicted molar refractivity (Wildman–Crippen MR) is 68.3 cm³/mol. The molecule has 94 valence electrons. The van der Waals surface area contributed by atoms with E-state index < -0.39 is 5.60 Å². The zero-order valence-corrected chi connectivity index (χ0v) is 9.95. The van der Waals surface area contributed by atoms with Gasteiger partial charge in [-0.2, -0.15) is 0 Å². The Kier molecular flexibility index (Phi) is 3.86. The first-order valence-corrected chi connectivity index (χ1v) is 6.14. The molecule has 1 aliphatic rings. The summed E-state index contributed by atoms with van der Waals surface area (Å²) in [5.74, 6) is 0.257. The molecule has 1 saturated heterocycles. The first kappa shape index (κ1) is 12.2. The highest BCUT2D eigenvalue weighted by Gasteiger charge is 2.27. The lowest BCUT2D eigenvalue weighted by Gasteiger charge is -2.27. The highest BCUT2D eigenvalue weighted by Crippen LogP contribution is 2.21. The van der Waals surface area contributed by atoms with E-state index in [1.165, 1.54) is 0 Å². The van der Waals surface area contributed by atoms with Crippen LogP contribution in [0.3, 0.4) is 0 Å². The molecule has 2 rings (SSSR count). The summed E-state index contributed by atoms with van der Waals surface area (Å²) in [6.07, 6.45) is 2.61. The van der Waals surface area contributed by atoms with Crippen molar-refractivity contribution in [3.63, 3.8) is 0 Å². The van der Waals surface area contributed by atoms with Gasteiger partial charge in [0.15, 0.2) is 0 Å². The second-order valence-corrected chi connectivity index (χ2v) is 4.73. The van der Waals surface area contributed by atoms with E-state index in [1.54, 1.807) is 12.1 Å². The Balaban J connectivity index is 1.89. The molecule has 0 spiro atoms. The lowest BCUT2D eigenvalue weighted by atomic mass is 9.95. The van der Waals surface area contributed by atoms with Crippen molar-refractivity contribution in [2.24, 2.45) is 0 Å². The summed E-state index contributed by atoms with van der Waals surface area (Å²) in [7, 11) is 0. The Bertz CT molecular complexity index is 343. The second-order valence-electron chi connectivity index (χ2n) is 4.73. The molecule has 1 aliphatic heterocycles. The summed E-state index contributed by atoms with van der Waals surface area (Å²) in [6, 6.07) is 6.91. The van der Waals surface area contributed by atoms with E-state index in [-0.39, 0.29) is 5.75 Å². The fourth-order valence-electron chi connectivity index (χ4n) is 2.14. The van der Waals surface area contributed by atoms with Gasteiger partial charge in [-0.25, -0.2) is 0 Å². The minimum absolute atomic E-state index is 0.257. The van der Waals surface area contributed by atoms with E-state index in [4.69, 9.17) is 0 Å². The fourth-order valence-corrected chi connectivity index (χ4v) is 2.14. The number of aromatic hydroxyl groups is 1. The van der Waals surface area contributed by atoms with Gasteiger partial charge in [-0.05, 0) is 56.6 Å². The Hall–Kier alpha value is -1.26. The Morgan fingerprint density at radius 1 is 1.18 bits per heavy atom. The summed E-state index contributed by atoms with van der Waals surface area (Å²) in [4.78, 5) is 0. The van der Waals surface area contributed by atoms with Crippen LogP contribution in [0.25, 0.3) is 0 Å². The van der Waals surface area contributed by atoms with Crippen LogP contribution in [-0.4, -0.2) is 35.4 Å². The van der Waals surface area contributed by atoms with E-state index in [0.29, 0.717) is 6.54 Å². The van der Waals surface area contributed by atoms with Crippen molar-refractivity contribution >= 4 is 5.69 Å². The van der Waals surface area contributed by atoms with Crippen LogP contribution in [-0.2, 0) is 0 Å². The predicted octanol–water partition coefficient (Wildman–Crippen LogP) is 1.31. The maximum Gasteiger partial charge on any atom is 0.115 e. The molecule has 1 unspecified atom stereocenters. The number of nitrogens with one attached hydrogen (secondary N) is 2. The van der Waals surface area contributed by atoms with Crippen molar-refractivity contribution < 1.29 is 10.2 Å². The molecule has 0 amide bonds. The van der Waals surface area contributed by atoms with Gasteiger partial charge in [0.05, 0.1) is 5.60 Å². The normalized spacial score (nSPS) is 25.2. The number of phenolic OH excluding ortho intramolecular Hbond substituents is 1. The van der Waals surface area contributed by atoms with Gasteiger partial charge in [-0.15, -0.1) is 0 Å². The summed E-state index contributed by atoms with van der Waals surface area (Å²) >= 11 is 0. The molecule has 4 heteroatoms. The van der Waals surface area contributed by atoms with Crippen LogP contribution in [0.2, 0.25) is 0 Å². The van der Waals surface area contributed by atoms with Crippen molar-refractivity contribution in [3.05, 3.63) is 24.3 Å². The number of rotatable bonds is 3. The van der Waals surface area contributed by atoms with E-state index in [0.717, 1.165) is 38.0 Å². The molecule has 1 aromatic carbocycles. The van der Waals surface area contributed by atoms with Crippen molar-refractivity contribution in [2.45, 2.75) is 24.9 Å². The Morgan fingerprint density at radius 2 is 1.94 bits per heavy atom. The Morgan fingerprint density at radius 3 is 2.71 bits per heavy atom. The van der Waals surface area contributed by atoms with Crippen molar-refractivity contribution in [1.82, 2.24) is 5.32 Å². The number of anilines is 1. The number of hydrogen-bond donors (Lipinski definition) is 4. The van der Waals surface area contributed by atoms with Crippen molar-refractivity contribution in [3.8, 4) is 5.75 Å². The zero-order valence-electron chi connectivity index (χ0n) is 9.95. The van der Waals surface area contributed by atoms with E-state index in [1.807, 2.05) is 12.1 Å². The third-order valence-corrected chi connectivity index (χ3v) is 3.25.